The normalized spacial score (nSPS) is 11.0. The Morgan fingerprint density at radius 1 is 0.630 bits per heavy atom. The van der Waals surface area contributed by atoms with Gasteiger partial charge in [0, 0.05) is 25.8 Å². The van der Waals surface area contributed by atoms with Crippen molar-refractivity contribution in [1.82, 2.24) is 9.80 Å². The van der Waals surface area contributed by atoms with Crippen molar-refractivity contribution in [3.63, 3.8) is 0 Å². The van der Waals surface area contributed by atoms with Crippen LogP contribution in [0.1, 0.15) is 97.3 Å². The topological polar surface area (TPSA) is 57.7 Å². The Labute approximate surface area is 166 Å². The van der Waals surface area contributed by atoms with Gasteiger partial charge < -0.3 is 9.69 Å². The first kappa shape index (κ1) is 25.8. The highest BCUT2D eigenvalue weighted by molar-refractivity contribution is 5.95. The van der Waals surface area contributed by atoms with Crippen LogP contribution in [0.5, 0.6) is 0 Å². The van der Waals surface area contributed by atoms with Crippen LogP contribution in [0, 0.1) is 0 Å². The van der Waals surface area contributed by atoms with Crippen LogP contribution in [-0.4, -0.2) is 54.6 Å². The largest absolute Gasteiger partial charge is 0.309 e. The molecule has 0 aliphatic heterocycles. The van der Waals surface area contributed by atoms with E-state index in [4.69, 9.17) is 0 Å². The van der Waals surface area contributed by atoms with Crippen LogP contribution in [0.2, 0.25) is 0 Å². The molecule has 0 atom stereocenters. The molecule has 0 aromatic carbocycles. The number of unbranched alkanes of at least 4 members (excludes halogenated alkanes) is 8. The summed E-state index contributed by atoms with van der Waals surface area (Å²) in [4.78, 5) is 38.9. The predicted molar refractivity (Wildman–Crippen MR) is 112 cm³/mol. The van der Waals surface area contributed by atoms with Crippen LogP contribution in [0.4, 0.5) is 0 Å². The van der Waals surface area contributed by atoms with Gasteiger partial charge in [-0.05, 0) is 60.2 Å². The molecular weight excluding hydrogens is 340 g/mol. The summed E-state index contributed by atoms with van der Waals surface area (Å²) in [6.07, 6.45) is 12.3. The SMILES string of the molecule is CCN(C(=O)CCCCCCCCCCC(C)=O)C(=O)CCCCN(C)C. The fraction of sp³-hybridized carbons (Fsp3) is 0.864. The standard InChI is InChI=1S/C22H42N2O3/c1-5-24(22(27)18-14-15-19-23(3)4)21(26)17-13-11-9-7-6-8-10-12-16-20(2)25/h5-19H2,1-4H3. The Morgan fingerprint density at radius 2 is 1.04 bits per heavy atom. The summed E-state index contributed by atoms with van der Waals surface area (Å²) in [5.41, 5.74) is 0. The maximum atomic E-state index is 12.3. The first-order valence-electron chi connectivity index (χ1n) is 10.9. The van der Waals surface area contributed by atoms with Gasteiger partial charge in [0.05, 0.1) is 0 Å². The van der Waals surface area contributed by atoms with Gasteiger partial charge >= 0.3 is 0 Å². The van der Waals surface area contributed by atoms with Crippen molar-refractivity contribution < 1.29 is 14.4 Å². The molecule has 0 saturated heterocycles. The van der Waals surface area contributed by atoms with Crippen molar-refractivity contribution in [3.05, 3.63) is 0 Å². The molecular formula is C22H42N2O3. The smallest absolute Gasteiger partial charge is 0.229 e. The molecule has 0 bridgehead atoms. The third-order valence-corrected chi connectivity index (χ3v) is 4.83. The average molecular weight is 383 g/mol. The number of carbonyl (C=O) groups excluding carboxylic acids is 3. The highest BCUT2D eigenvalue weighted by Crippen LogP contribution is 2.12. The number of nitrogens with zero attached hydrogens (tertiary/aromatic N) is 2. The number of amides is 2. The quantitative estimate of drug-likeness (QED) is 0.345. The number of hydrogen-bond donors (Lipinski definition) is 0. The maximum absolute atomic E-state index is 12.3. The van der Waals surface area contributed by atoms with Crippen LogP contribution >= 0.6 is 0 Å². The number of hydrogen-bond acceptors (Lipinski definition) is 4. The van der Waals surface area contributed by atoms with Crippen molar-refractivity contribution in [2.24, 2.45) is 0 Å². The second-order valence-electron chi connectivity index (χ2n) is 7.82. The fourth-order valence-corrected chi connectivity index (χ4v) is 3.18. The third kappa shape index (κ3) is 15.5. The summed E-state index contributed by atoms with van der Waals surface area (Å²) in [6, 6.07) is 0. The molecule has 0 saturated carbocycles. The minimum atomic E-state index is -0.0215. The summed E-state index contributed by atoms with van der Waals surface area (Å²) in [7, 11) is 4.05. The Bertz CT molecular complexity index is 422. The molecule has 0 aliphatic rings. The lowest BCUT2D eigenvalue weighted by Crippen LogP contribution is -2.36. The van der Waals surface area contributed by atoms with Crippen molar-refractivity contribution in [1.29, 1.82) is 0 Å². The fourth-order valence-electron chi connectivity index (χ4n) is 3.18. The molecule has 0 radical (unpaired) electrons. The molecule has 0 aliphatic carbocycles. The van der Waals surface area contributed by atoms with E-state index in [0.717, 1.165) is 51.5 Å². The minimum Gasteiger partial charge on any atom is -0.309 e. The Morgan fingerprint density at radius 3 is 1.44 bits per heavy atom. The summed E-state index contributed by atoms with van der Waals surface area (Å²) >= 11 is 0. The van der Waals surface area contributed by atoms with Gasteiger partial charge in [-0.15, -0.1) is 0 Å². The molecule has 0 fully saturated rings. The van der Waals surface area contributed by atoms with Crippen LogP contribution in [-0.2, 0) is 14.4 Å². The van der Waals surface area contributed by atoms with Crippen molar-refractivity contribution in [3.8, 4) is 0 Å². The molecule has 2 amide bonds. The lowest BCUT2D eigenvalue weighted by atomic mass is 10.1. The summed E-state index contributed by atoms with van der Waals surface area (Å²) in [5, 5.41) is 0. The molecule has 0 aromatic heterocycles. The molecule has 27 heavy (non-hydrogen) atoms. The van der Waals surface area contributed by atoms with Crippen LogP contribution < -0.4 is 0 Å². The van der Waals surface area contributed by atoms with Crippen molar-refractivity contribution in [2.45, 2.75) is 97.3 Å². The number of imide groups is 1. The molecule has 0 rings (SSSR count). The van der Waals surface area contributed by atoms with Gasteiger partial charge in [-0.25, -0.2) is 0 Å². The van der Waals surface area contributed by atoms with E-state index in [1.165, 1.54) is 24.2 Å². The third-order valence-electron chi connectivity index (χ3n) is 4.83. The predicted octanol–water partition coefficient (Wildman–Crippen LogP) is 4.58. The zero-order valence-corrected chi connectivity index (χ0v) is 18.2. The Kier molecular flexibility index (Phi) is 16.1. The van der Waals surface area contributed by atoms with Gasteiger partial charge in [-0.2, -0.15) is 0 Å². The van der Waals surface area contributed by atoms with E-state index in [2.05, 4.69) is 4.90 Å². The second-order valence-corrected chi connectivity index (χ2v) is 7.82. The van der Waals surface area contributed by atoms with Gasteiger partial charge in [0.2, 0.25) is 11.8 Å². The zero-order valence-electron chi connectivity index (χ0n) is 18.2. The number of rotatable bonds is 17. The van der Waals surface area contributed by atoms with E-state index in [1.54, 1.807) is 6.92 Å². The first-order valence-corrected chi connectivity index (χ1v) is 10.9. The lowest BCUT2D eigenvalue weighted by Gasteiger charge is -2.19. The van der Waals surface area contributed by atoms with E-state index in [1.807, 2.05) is 21.0 Å². The Balaban J connectivity index is 3.72. The highest BCUT2D eigenvalue weighted by atomic mass is 16.2. The molecule has 0 unspecified atom stereocenters. The van der Waals surface area contributed by atoms with E-state index in [0.29, 0.717) is 25.8 Å². The summed E-state index contributed by atoms with van der Waals surface area (Å²) in [5.74, 6) is 0.249. The monoisotopic (exact) mass is 382 g/mol. The van der Waals surface area contributed by atoms with E-state index < -0.39 is 0 Å². The van der Waals surface area contributed by atoms with E-state index in [-0.39, 0.29) is 17.6 Å². The van der Waals surface area contributed by atoms with Crippen LogP contribution in [0.15, 0.2) is 0 Å². The maximum Gasteiger partial charge on any atom is 0.229 e. The average Bonchev–Trinajstić information content (AvgIpc) is 2.60. The van der Waals surface area contributed by atoms with E-state index >= 15 is 0 Å². The van der Waals surface area contributed by atoms with Crippen molar-refractivity contribution >= 4 is 17.6 Å². The number of carbonyl (C=O) groups is 3. The van der Waals surface area contributed by atoms with Gasteiger partial charge in [0.15, 0.2) is 0 Å². The summed E-state index contributed by atoms with van der Waals surface area (Å²) < 4.78 is 0. The molecule has 0 N–H and O–H groups in total. The highest BCUT2D eigenvalue weighted by Gasteiger charge is 2.18. The van der Waals surface area contributed by atoms with E-state index in [9.17, 15) is 14.4 Å². The molecule has 5 heteroatoms. The molecule has 0 aromatic rings. The molecule has 0 spiro atoms. The van der Waals surface area contributed by atoms with Gasteiger partial charge in [-0.3, -0.25) is 14.5 Å². The first-order chi connectivity index (χ1) is 12.9. The van der Waals surface area contributed by atoms with Crippen LogP contribution in [0.3, 0.4) is 0 Å². The van der Waals surface area contributed by atoms with Gasteiger partial charge in [0.25, 0.3) is 0 Å². The van der Waals surface area contributed by atoms with Gasteiger partial charge in [-0.1, -0.05) is 38.5 Å². The summed E-state index contributed by atoms with van der Waals surface area (Å²) in [6.45, 7) is 4.98. The van der Waals surface area contributed by atoms with Gasteiger partial charge in [0.1, 0.15) is 5.78 Å². The zero-order chi connectivity index (χ0) is 20.5. The molecule has 158 valence electrons. The second kappa shape index (κ2) is 16.9. The number of ketones is 1. The molecule has 5 nitrogen and oxygen atoms in total. The minimum absolute atomic E-state index is 0.0145. The lowest BCUT2D eigenvalue weighted by molar-refractivity contribution is -0.144. The number of Topliss-reactive ketones (excluding diaryl/α,β-unsaturated/α-hetero) is 1. The Hall–Kier alpha value is -1.23. The van der Waals surface area contributed by atoms with Crippen LogP contribution in [0.25, 0.3) is 0 Å². The van der Waals surface area contributed by atoms with Crippen molar-refractivity contribution in [2.75, 3.05) is 27.2 Å². The molecule has 0 heterocycles.